The predicted octanol–water partition coefficient (Wildman–Crippen LogP) is 0.805. The van der Waals surface area contributed by atoms with Crippen LogP contribution in [-0.4, -0.2) is 32.2 Å². The lowest BCUT2D eigenvalue weighted by Gasteiger charge is -2.19. The highest BCUT2D eigenvalue weighted by Gasteiger charge is 2.05. The summed E-state index contributed by atoms with van der Waals surface area (Å²) in [5, 5.41) is 6.87. The number of hydrogen-bond donors (Lipinski definition) is 3. The summed E-state index contributed by atoms with van der Waals surface area (Å²) in [5.41, 5.74) is 5.67. The molecule has 0 saturated carbocycles. The second kappa shape index (κ2) is 8.21. The summed E-state index contributed by atoms with van der Waals surface area (Å²) < 4.78 is 0. The molecule has 0 amide bonds. The molecule has 0 bridgehead atoms. The van der Waals surface area contributed by atoms with E-state index in [0.29, 0.717) is 24.4 Å². The third-order valence-corrected chi connectivity index (χ3v) is 2.04. The minimum absolute atomic E-state index is 0.413. The van der Waals surface area contributed by atoms with Gasteiger partial charge in [0.2, 0.25) is 0 Å². The molecule has 0 radical (unpaired) electrons. The quantitative estimate of drug-likeness (QED) is 0.544. The largest absolute Gasteiger partial charge is 0.329 e. The van der Waals surface area contributed by atoms with Crippen LogP contribution in [0.25, 0.3) is 0 Å². The van der Waals surface area contributed by atoms with Gasteiger partial charge in [-0.1, -0.05) is 27.7 Å². The fourth-order valence-electron chi connectivity index (χ4n) is 1.19. The molecule has 0 aliphatic heterocycles. The molecule has 0 heterocycles. The fourth-order valence-corrected chi connectivity index (χ4v) is 1.19. The molecular formula is C11H27N3. The van der Waals surface area contributed by atoms with Crippen molar-refractivity contribution in [2.75, 3.05) is 26.2 Å². The molecule has 3 heteroatoms. The van der Waals surface area contributed by atoms with Crippen molar-refractivity contribution in [1.82, 2.24) is 10.6 Å². The minimum Gasteiger partial charge on any atom is -0.329 e. The molecule has 1 atom stereocenters. The molecule has 14 heavy (non-hydrogen) atoms. The second-order valence-corrected chi connectivity index (χ2v) is 4.79. The van der Waals surface area contributed by atoms with Gasteiger partial charge in [-0.3, -0.25) is 0 Å². The topological polar surface area (TPSA) is 50.1 Å². The Bertz CT molecular complexity index is 124. The Hall–Kier alpha value is -0.120. The maximum Gasteiger partial charge on any atom is 0.0315 e. The van der Waals surface area contributed by atoms with Gasteiger partial charge >= 0.3 is 0 Å². The average Bonchev–Trinajstić information content (AvgIpc) is 2.10. The van der Waals surface area contributed by atoms with Gasteiger partial charge < -0.3 is 16.4 Å². The van der Waals surface area contributed by atoms with Gasteiger partial charge in [-0.05, 0) is 24.9 Å². The van der Waals surface area contributed by atoms with Crippen LogP contribution in [-0.2, 0) is 0 Å². The lowest BCUT2D eigenvalue weighted by molar-refractivity contribution is 0.430. The predicted molar refractivity (Wildman–Crippen MR) is 63.4 cm³/mol. The van der Waals surface area contributed by atoms with Crippen LogP contribution in [0.5, 0.6) is 0 Å². The lowest BCUT2D eigenvalue weighted by Crippen LogP contribution is -2.45. The van der Waals surface area contributed by atoms with Crippen molar-refractivity contribution in [1.29, 1.82) is 0 Å². The Labute approximate surface area is 88.8 Å². The van der Waals surface area contributed by atoms with E-state index in [0.717, 1.165) is 19.6 Å². The Morgan fingerprint density at radius 1 is 0.929 bits per heavy atom. The molecule has 0 rings (SSSR count). The summed E-state index contributed by atoms with van der Waals surface area (Å²) in [6.45, 7) is 12.6. The second-order valence-electron chi connectivity index (χ2n) is 4.79. The van der Waals surface area contributed by atoms with Crippen molar-refractivity contribution in [3.8, 4) is 0 Å². The van der Waals surface area contributed by atoms with E-state index in [1.807, 2.05) is 0 Å². The Morgan fingerprint density at radius 2 is 1.50 bits per heavy atom. The van der Waals surface area contributed by atoms with Crippen LogP contribution in [0.1, 0.15) is 27.7 Å². The number of nitrogens with one attached hydrogen (secondary N) is 2. The van der Waals surface area contributed by atoms with Crippen LogP contribution in [0.2, 0.25) is 0 Å². The zero-order valence-corrected chi connectivity index (χ0v) is 10.1. The van der Waals surface area contributed by atoms with E-state index in [-0.39, 0.29) is 0 Å². The van der Waals surface area contributed by atoms with Crippen LogP contribution >= 0.6 is 0 Å². The van der Waals surface area contributed by atoms with Gasteiger partial charge in [-0.2, -0.15) is 0 Å². The first-order chi connectivity index (χ1) is 6.56. The van der Waals surface area contributed by atoms with Gasteiger partial charge in [-0.15, -0.1) is 0 Å². The van der Waals surface area contributed by atoms with E-state index >= 15 is 0 Å². The van der Waals surface area contributed by atoms with Gasteiger partial charge in [0.1, 0.15) is 0 Å². The van der Waals surface area contributed by atoms with Crippen molar-refractivity contribution >= 4 is 0 Å². The van der Waals surface area contributed by atoms with Crippen molar-refractivity contribution in [3.05, 3.63) is 0 Å². The number of hydrogen-bond acceptors (Lipinski definition) is 3. The highest BCUT2D eigenvalue weighted by Crippen LogP contribution is 1.90. The van der Waals surface area contributed by atoms with Crippen molar-refractivity contribution in [2.45, 2.75) is 33.7 Å². The summed E-state index contributed by atoms with van der Waals surface area (Å²) in [5.74, 6) is 1.40. The van der Waals surface area contributed by atoms with Gasteiger partial charge in [0.15, 0.2) is 0 Å². The van der Waals surface area contributed by atoms with Gasteiger partial charge in [0.25, 0.3) is 0 Å². The molecule has 0 fully saturated rings. The average molecular weight is 201 g/mol. The van der Waals surface area contributed by atoms with Crippen molar-refractivity contribution in [2.24, 2.45) is 17.6 Å². The van der Waals surface area contributed by atoms with Crippen molar-refractivity contribution in [3.63, 3.8) is 0 Å². The maximum absolute atomic E-state index is 5.67. The van der Waals surface area contributed by atoms with Gasteiger partial charge in [-0.25, -0.2) is 0 Å². The van der Waals surface area contributed by atoms with Gasteiger partial charge in [0, 0.05) is 19.1 Å². The molecule has 86 valence electrons. The normalized spacial score (nSPS) is 13.9. The number of rotatable bonds is 8. The summed E-state index contributed by atoms with van der Waals surface area (Å²) in [6, 6.07) is 0.413. The first kappa shape index (κ1) is 13.9. The molecule has 1 unspecified atom stereocenters. The van der Waals surface area contributed by atoms with E-state index in [9.17, 15) is 0 Å². The van der Waals surface area contributed by atoms with Crippen molar-refractivity contribution < 1.29 is 0 Å². The Balaban J connectivity index is 3.48. The SMILES string of the molecule is CC(C)CNCC(CN)NCC(C)C. The highest BCUT2D eigenvalue weighted by molar-refractivity contribution is 4.71. The van der Waals surface area contributed by atoms with Crippen LogP contribution in [0.15, 0.2) is 0 Å². The zero-order valence-electron chi connectivity index (χ0n) is 10.1. The Morgan fingerprint density at radius 3 is 1.93 bits per heavy atom. The first-order valence-electron chi connectivity index (χ1n) is 5.70. The monoisotopic (exact) mass is 201 g/mol. The number of nitrogens with two attached hydrogens (primary N) is 1. The van der Waals surface area contributed by atoms with Crippen LogP contribution < -0.4 is 16.4 Å². The molecule has 0 aliphatic rings. The van der Waals surface area contributed by atoms with E-state index < -0.39 is 0 Å². The molecule has 0 aromatic carbocycles. The van der Waals surface area contributed by atoms with Crippen LogP contribution in [0.3, 0.4) is 0 Å². The molecule has 0 aromatic rings. The molecule has 0 saturated heterocycles. The third kappa shape index (κ3) is 8.48. The molecule has 4 N–H and O–H groups in total. The summed E-state index contributed by atoms with van der Waals surface area (Å²) in [4.78, 5) is 0. The molecule has 0 aromatic heterocycles. The van der Waals surface area contributed by atoms with Gasteiger partial charge in [0.05, 0.1) is 0 Å². The fraction of sp³-hybridized carbons (Fsp3) is 1.00. The first-order valence-corrected chi connectivity index (χ1v) is 5.70. The molecule has 0 spiro atoms. The standard InChI is InChI=1S/C11H27N3/c1-9(2)6-13-8-11(5-12)14-7-10(3)4/h9-11,13-14H,5-8,12H2,1-4H3. The minimum atomic E-state index is 0.413. The zero-order chi connectivity index (χ0) is 11.0. The Kier molecular flexibility index (Phi) is 8.14. The summed E-state index contributed by atoms with van der Waals surface area (Å²) >= 11 is 0. The summed E-state index contributed by atoms with van der Waals surface area (Å²) in [7, 11) is 0. The van der Waals surface area contributed by atoms with E-state index in [1.54, 1.807) is 0 Å². The van der Waals surface area contributed by atoms with E-state index in [4.69, 9.17) is 5.73 Å². The lowest BCUT2D eigenvalue weighted by atomic mass is 10.2. The molecule has 0 aliphatic carbocycles. The van der Waals surface area contributed by atoms with Crippen LogP contribution in [0.4, 0.5) is 0 Å². The highest BCUT2D eigenvalue weighted by atomic mass is 15.0. The maximum atomic E-state index is 5.67. The smallest absolute Gasteiger partial charge is 0.0315 e. The molecular weight excluding hydrogens is 174 g/mol. The van der Waals surface area contributed by atoms with E-state index in [1.165, 1.54) is 0 Å². The third-order valence-electron chi connectivity index (χ3n) is 2.04. The summed E-state index contributed by atoms with van der Waals surface area (Å²) in [6.07, 6.45) is 0. The molecule has 3 nitrogen and oxygen atoms in total. The van der Waals surface area contributed by atoms with Crippen LogP contribution in [0, 0.1) is 11.8 Å². The van der Waals surface area contributed by atoms with E-state index in [2.05, 4.69) is 38.3 Å².